The van der Waals surface area contributed by atoms with Crippen LogP contribution in [0.5, 0.6) is 0 Å². The van der Waals surface area contributed by atoms with Gasteiger partial charge in [0.15, 0.2) is 5.58 Å². The Morgan fingerprint density at radius 2 is 2.27 bits per heavy atom. The van der Waals surface area contributed by atoms with Gasteiger partial charge in [0.25, 0.3) is 0 Å². The predicted molar refractivity (Wildman–Crippen MR) is 61.1 cm³/mol. The number of benzene rings is 1. The summed E-state index contributed by atoms with van der Waals surface area (Å²) in [7, 11) is 0. The Labute approximate surface area is 87.6 Å². The topological polar surface area (TPSA) is 51.5 Å². The van der Waals surface area contributed by atoms with E-state index in [-0.39, 0.29) is 0 Å². The minimum Gasteiger partial charge on any atom is -0.459 e. The van der Waals surface area contributed by atoms with E-state index < -0.39 is 0 Å². The van der Waals surface area contributed by atoms with Crippen molar-refractivity contribution in [2.75, 3.05) is 5.73 Å². The quantitative estimate of drug-likeness (QED) is 0.664. The van der Waals surface area contributed by atoms with Gasteiger partial charge in [0.1, 0.15) is 5.76 Å². The molecule has 0 unspecified atom stereocenters. The maximum atomic E-state index is 5.88. The van der Waals surface area contributed by atoms with Crippen molar-refractivity contribution in [3.05, 3.63) is 29.5 Å². The Morgan fingerprint density at radius 1 is 1.33 bits per heavy atom. The molecule has 1 aliphatic heterocycles. The number of aryl methyl sites for hydroxylation is 1. The summed E-state index contributed by atoms with van der Waals surface area (Å²) < 4.78 is 5.80. The highest BCUT2D eigenvalue weighted by Gasteiger charge is 2.15. The van der Waals surface area contributed by atoms with Gasteiger partial charge in [-0.2, -0.15) is 0 Å². The van der Waals surface area contributed by atoms with Crippen LogP contribution in [0.4, 0.5) is 5.69 Å². The lowest BCUT2D eigenvalue weighted by molar-refractivity contribution is 0.549. The third-order valence-electron chi connectivity index (χ3n) is 2.81. The number of hydrogen-bond donors (Lipinski definition) is 1. The molecule has 15 heavy (non-hydrogen) atoms. The molecular weight excluding hydrogens is 188 g/mol. The van der Waals surface area contributed by atoms with Gasteiger partial charge in [0, 0.05) is 17.4 Å². The fourth-order valence-corrected chi connectivity index (χ4v) is 2.06. The first-order valence-electron chi connectivity index (χ1n) is 5.13. The Hall–Kier alpha value is -1.77. The number of furan rings is 1. The summed E-state index contributed by atoms with van der Waals surface area (Å²) in [5.41, 5.74) is 8.61. The normalized spacial score (nSPS) is 15.2. The fraction of sp³-hybridized carbons (Fsp3) is 0.250. The molecule has 3 rings (SSSR count). The van der Waals surface area contributed by atoms with Crippen LogP contribution in [0.3, 0.4) is 0 Å². The van der Waals surface area contributed by atoms with Gasteiger partial charge in [0.05, 0.1) is 12.2 Å². The van der Waals surface area contributed by atoms with Crippen LogP contribution in [0.15, 0.2) is 27.6 Å². The van der Waals surface area contributed by atoms with E-state index in [2.05, 4.69) is 11.1 Å². The van der Waals surface area contributed by atoms with Crippen molar-refractivity contribution in [2.24, 2.45) is 4.99 Å². The lowest BCUT2D eigenvalue weighted by Crippen LogP contribution is -1.85. The number of nitrogens with two attached hydrogens (primary N) is 1. The molecule has 0 radical (unpaired) electrons. The maximum Gasteiger partial charge on any atom is 0.157 e. The molecular formula is C12H12N2O. The minimum atomic E-state index is 0.713. The molecule has 1 aliphatic rings. The van der Waals surface area contributed by atoms with Gasteiger partial charge >= 0.3 is 0 Å². The molecule has 0 aliphatic carbocycles. The number of rotatable bonds is 0. The first-order chi connectivity index (χ1) is 7.36. The number of anilines is 1. The highest BCUT2D eigenvalue weighted by molar-refractivity contribution is 5.91. The molecule has 76 valence electrons. The first-order valence-corrected chi connectivity index (χ1v) is 5.13. The van der Waals surface area contributed by atoms with E-state index in [9.17, 15) is 0 Å². The summed E-state index contributed by atoms with van der Waals surface area (Å²) in [5.74, 6) is 1.04. The molecule has 2 aromatic rings. The minimum absolute atomic E-state index is 0.713. The van der Waals surface area contributed by atoms with E-state index in [1.165, 1.54) is 5.56 Å². The number of aliphatic imine (C=N–C) groups is 1. The van der Waals surface area contributed by atoms with Gasteiger partial charge < -0.3 is 10.2 Å². The molecule has 0 saturated heterocycles. The van der Waals surface area contributed by atoms with Crippen molar-refractivity contribution in [1.82, 2.24) is 0 Å². The lowest BCUT2D eigenvalue weighted by Gasteiger charge is -1.94. The third kappa shape index (κ3) is 1.23. The molecule has 3 heteroatoms. The molecule has 0 saturated carbocycles. The van der Waals surface area contributed by atoms with Gasteiger partial charge in [-0.25, -0.2) is 0 Å². The Morgan fingerprint density at radius 3 is 3.20 bits per heavy atom. The molecule has 3 nitrogen and oxygen atoms in total. The SMILES string of the molecule is Nc1cccc2c3c(oc12)CCC=NC3. The Balaban J connectivity index is 2.32. The number of fused-ring (bicyclic) bond motifs is 3. The molecule has 0 bridgehead atoms. The van der Waals surface area contributed by atoms with E-state index in [0.717, 1.165) is 29.6 Å². The highest BCUT2D eigenvalue weighted by Crippen LogP contribution is 2.31. The Bertz CT molecular complexity index is 540. The zero-order valence-electron chi connectivity index (χ0n) is 8.36. The summed E-state index contributed by atoms with van der Waals surface area (Å²) in [5, 5.41) is 1.11. The molecule has 0 amide bonds. The monoisotopic (exact) mass is 200 g/mol. The second-order valence-corrected chi connectivity index (χ2v) is 3.79. The summed E-state index contributed by atoms with van der Waals surface area (Å²) in [6, 6.07) is 5.88. The lowest BCUT2D eigenvalue weighted by atomic mass is 10.1. The molecule has 0 atom stereocenters. The van der Waals surface area contributed by atoms with Crippen LogP contribution >= 0.6 is 0 Å². The van der Waals surface area contributed by atoms with Gasteiger partial charge in [-0.3, -0.25) is 4.99 Å². The largest absolute Gasteiger partial charge is 0.459 e. The van der Waals surface area contributed by atoms with Gasteiger partial charge in [-0.05, 0) is 18.7 Å². The van der Waals surface area contributed by atoms with Crippen molar-refractivity contribution in [2.45, 2.75) is 19.4 Å². The van der Waals surface area contributed by atoms with Crippen LogP contribution in [-0.4, -0.2) is 6.21 Å². The summed E-state index contributed by atoms with van der Waals surface area (Å²) in [6.45, 7) is 0.714. The van der Waals surface area contributed by atoms with Crippen molar-refractivity contribution >= 4 is 22.9 Å². The van der Waals surface area contributed by atoms with Crippen molar-refractivity contribution in [3.63, 3.8) is 0 Å². The maximum absolute atomic E-state index is 5.88. The Kier molecular flexibility index (Phi) is 1.78. The molecule has 2 N–H and O–H groups in total. The molecule has 0 spiro atoms. The summed E-state index contributed by atoms with van der Waals surface area (Å²) in [4.78, 5) is 4.34. The molecule has 1 aromatic heterocycles. The van der Waals surface area contributed by atoms with Crippen molar-refractivity contribution in [1.29, 1.82) is 0 Å². The smallest absolute Gasteiger partial charge is 0.157 e. The van der Waals surface area contributed by atoms with Crippen molar-refractivity contribution in [3.8, 4) is 0 Å². The summed E-state index contributed by atoms with van der Waals surface area (Å²) >= 11 is 0. The standard InChI is InChI=1S/C12H12N2O/c13-10-4-1-3-8-9-7-14-6-2-5-11(9)15-12(8)10/h1,3-4,6H,2,5,7,13H2. The zero-order valence-corrected chi connectivity index (χ0v) is 8.36. The van der Waals surface area contributed by atoms with E-state index in [1.54, 1.807) is 0 Å². The van der Waals surface area contributed by atoms with E-state index in [1.807, 2.05) is 18.3 Å². The number of nitrogen functional groups attached to an aromatic ring is 1. The number of para-hydroxylation sites is 1. The van der Waals surface area contributed by atoms with Crippen LogP contribution in [-0.2, 0) is 13.0 Å². The van der Waals surface area contributed by atoms with Gasteiger partial charge in [-0.15, -0.1) is 0 Å². The highest BCUT2D eigenvalue weighted by atomic mass is 16.3. The average Bonchev–Trinajstić information content (AvgIpc) is 2.45. The second kappa shape index (κ2) is 3.12. The fourth-order valence-electron chi connectivity index (χ4n) is 2.06. The number of hydrogen-bond acceptors (Lipinski definition) is 3. The summed E-state index contributed by atoms with van der Waals surface area (Å²) in [6.07, 6.45) is 3.84. The third-order valence-corrected chi connectivity index (χ3v) is 2.81. The van der Waals surface area contributed by atoms with Crippen LogP contribution in [0.2, 0.25) is 0 Å². The average molecular weight is 200 g/mol. The van der Waals surface area contributed by atoms with Crippen LogP contribution in [0, 0.1) is 0 Å². The van der Waals surface area contributed by atoms with Gasteiger partial charge in [0.2, 0.25) is 0 Å². The van der Waals surface area contributed by atoms with Crippen LogP contribution in [0.25, 0.3) is 11.0 Å². The molecule has 1 aromatic carbocycles. The molecule has 0 fully saturated rings. The first kappa shape index (κ1) is 8.53. The van der Waals surface area contributed by atoms with E-state index >= 15 is 0 Å². The number of nitrogens with zero attached hydrogens (tertiary/aromatic N) is 1. The second-order valence-electron chi connectivity index (χ2n) is 3.79. The van der Waals surface area contributed by atoms with Crippen molar-refractivity contribution < 1.29 is 4.42 Å². The van der Waals surface area contributed by atoms with Crippen LogP contribution < -0.4 is 5.73 Å². The zero-order chi connectivity index (χ0) is 10.3. The van der Waals surface area contributed by atoms with Gasteiger partial charge in [-0.1, -0.05) is 12.1 Å². The van der Waals surface area contributed by atoms with Crippen LogP contribution in [0.1, 0.15) is 17.7 Å². The van der Waals surface area contributed by atoms with E-state index in [4.69, 9.17) is 10.2 Å². The predicted octanol–water partition coefficient (Wildman–Crippen LogP) is 2.53. The van der Waals surface area contributed by atoms with E-state index in [0.29, 0.717) is 12.2 Å². The molecule has 2 heterocycles.